The summed E-state index contributed by atoms with van der Waals surface area (Å²) < 4.78 is 14.7. The summed E-state index contributed by atoms with van der Waals surface area (Å²) in [5.74, 6) is 0.0516. The summed E-state index contributed by atoms with van der Waals surface area (Å²) in [4.78, 5) is 19.1. The third kappa shape index (κ3) is 5.03. The lowest BCUT2D eigenvalue weighted by Crippen LogP contribution is -2.32. The van der Waals surface area contributed by atoms with Gasteiger partial charge in [0.2, 0.25) is 0 Å². The molecule has 0 fully saturated rings. The maximum Gasteiger partial charge on any atom is 0.258 e. The Kier molecular flexibility index (Phi) is 6.21. The van der Waals surface area contributed by atoms with Crippen molar-refractivity contribution in [2.24, 2.45) is 5.92 Å². The van der Waals surface area contributed by atoms with Crippen LogP contribution in [0.3, 0.4) is 0 Å². The van der Waals surface area contributed by atoms with Crippen LogP contribution in [-0.2, 0) is 6.54 Å². The van der Waals surface area contributed by atoms with Gasteiger partial charge in [0.25, 0.3) is 5.56 Å². The SMILES string of the molecule is Cc1ccc2nc(CN(CC(C)C)CC(O)c3ccc(F)cc3)cc(=O)n2c1. The normalized spacial score (nSPS) is 12.8. The smallest absolute Gasteiger partial charge is 0.258 e. The van der Waals surface area contributed by atoms with Crippen LogP contribution in [0.4, 0.5) is 4.39 Å². The molecule has 6 heteroatoms. The maximum absolute atomic E-state index is 13.1. The molecule has 0 aliphatic heterocycles. The minimum atomic E-state index is -0.747. The van der Waals surface area contributed by atoms with Crippen molar-refractivity contribution < 1.29 is 9.50 Å². The molecule has 0 aliphatic rings. The first-order valence-corrected chi connectivity index (χ1v) is 9.46. The number of nitrogens with zero attached hydrogens (tertiary/aromatic N) is 3. The third-order valence-electron chi connectivity index (χ3n) is 4.56. The lowest BCUT2D eigenvalue weighted by atomic mass is 10.1. The number of aryl methyl sites for hydroxylation is 1. The van der Waals surface area contributed by atoms with Crippen LogP contribution in [0, 0.1) is 18.7 Å². The van der Waals surface area contributed by atoms with Crippen molar-refractivity contribution >= 4 is 5.65 Å². The minimum absolute atomic E-state index is 0.118. The zero-order valence-electron chi connectivity index (χ0n) is 16.5. The monoisotopic (exact) mass is 383 g/mol. The number of aliphatic hydroxyl groups is 1. The molecule has 28 heavy (non-hydrogen) atoms. The summed E-state index contributed by atoms with van der Waals surface area (Å²) >= 11 is 0. The topological polar surface area (TPSA) is 57.8 Å². The highest BCUT2D eigenvalue weighted by Crippen LogP contribution is 2.17. The Balaban J connectivity index is 1.82. The fourth-order valence-electron chi connectivity index (χ4n) is 3.32. The number of hydrogen-bond acceptors (Lipinski definition) is 4. The Morgan fingerprint density at radius 1 is 1.14 bits per heavy atom. The molecule has 1 aromatic carbocycles. The molecule has 1 unspecified atom stereocenters. The van der Waals surface area contributed by atoms with Crippen molar-refractivity contribution in [1.29, 1.82) is 0 Å². The van der Waals surface area contributed by atoms with Gasteiger partial charge in [-0.15, -0.1) is 0 Å². The van der Waals surface area contributed by atoms with Gasteiger partial charge in [-0.3, -0.25) is 14.1 Å². The van der Waals surface area contributed by atoms with Crippen LogP contribution in [0.5, 0.6) is 0 Å². The van der Waals surface area contributed by atoms with E-state index in [1.807, 2.05) is 19.1 Å². The quantitative estimate of drug-likeness (QED) is 0.680. The van der Waals surface area contributed by atoms with Crippen LogP contribution in [0.2, 0.25) is 0 Å². The van der Waals surface area contributed by atoms with Gasteiger partial charge in [-0.1, -0.05) is 32.0 Å². The molecule has 1 atom stereocenters. The molecule has 0 saturated carbocycles. The average molecular weight is 383 g/mol. The van der Waals surface area contributed by atoms with E-state index >= 15 is 0 Å². The molecule has 0 bridgehead atoms. The highest BCUT2D eigenvalue weighted by molar-refractivity contribution is 5.39. The van der Waals surface area contributed by atoms with E-state index in [9.17, 15) is 14.3 Å². The van der Waals surface area contributed by atoms with Crippen molar-refractivity contribution in [3.63, 3.8) is 0 Å². The largest absolute Gasteiger partial charge is 0.387 e. The number of aliphatic hydroxyl groups excluding tert-OH is 1. The van der Waals surface area contributed by atoms with Gasteiger partial charge in [0, 0.05) is 31.9 Å². The Morgan fingerprint density at radius 3 is 2.54 bits per heavy atom. The summed E-state index contributed by atoms with van der Waals surface area (Å²) in [5, 5.41) is 10.6. The van der Waals surface area contributed by atoms with E-state index in [0.717, 1.165) is 12.1 Å². The van der Waals surface area contributed by atoms with Gasteiger partial charge in [-0.05, 0) is 42.2 Å². The maximum atomic E-state index is 13.1. The van der Waals surface area contributed by atoms with Crippen molar-refractivity contribution in [2.75, 3.05) is 13.1 Å². The number of benzene rings is 1. The number of halogens is 1. The molecular weight excluding hydrogens is 357 g/mol. The Labute approximate surface area is 164 Å². The van der Waals surface area contributed by atoms with Crippen LogP contribution in [-0.4, -0.2) is 32.5 Å². The lowest BCUT2D eigenvalue weighted by Gasteiger charge is -2.26. The Bertz CT molecular complexity index is 999. The molecule has 1 N–H and O–H groups in total. The summed E-state index contributed by atoms with van der Waals surface area (Å²) in [6.45, 7) is 7.70. The minimum Gasteiger partial charge on any atom is -0.387 e. The number of aromatic nitrogens is 2. The molecule has 0 saturated heterocycles. The molecule has 0 aliphatic carbocycles. The molecule has 0 amide bonds. The van der Waals surface area contributed by atoms with Crippen molar-refractivity contribution in [3.8, 4) is 0 Å². The molecule has 5 nitrogen and oxygen atoms in total. The van der Waals surface area contributed by atoms with Gasteiger partial charge in [-0.25, -0.2) is 9.37 Å². The standard InChI is InChI=1S/C22H26FN3O2/c1-15(2)11-25(14-20(27)17-5-7-18(23)8-6-17)13-19-10-22(28)26-12-16(3)4-9-21(26)24-19/h4-10,12,15,20,27H,11,13-14H2,1-3H3. The molecule has 0 radical (unpaired) electrons. The Morgan fingerprint density at radius 2 is 1.86 bits per heavy atom. The molecule has 148 valence electrons. The van der Waals surface area contributed by atoms with Crippen molar-refractivity contribution in [2.45, 2.75) is 33.4 Å². The molecule has 2 heterocycles. The van der Waals surface area contributed by atoms with Crippen molar-refractivity contribution in [3.05, 3.63) is 81.7 Å². The van der Waals surface area contributed by atoms with Crippen LogP contribution in [0.1, 0.15) is 36.8 Å². The number of pyridine rings is 1. The van der Waals surface area contributed by atoms with Gasteiger partial charge >= 0.3 is 0 Å². The predicted octanol–water partition coefficient (Wildman–Crippen LogP) is 3.33. The van der Waals surface area contributed by atoms with E-state index in [1.54, 1.807) is 28.8 Å². The van der Waals surface area contributed by atoms with Gasteiger partial charge in [0.1, 0.15) is 11.5 Å². The van der Waals surface area contributed by atoms with Crippen LogP contribution >= 0.6 is 0 Å². The molecule has 3 rings (SSSR count). The Hall–Kier alpha value is -2.57. The first kappa shape index (κ1) is 20.2. The van der Waals surface area contributed by atoms with Gasteiger partial charge in [0.15, 0.2) is 0 Å². The van der Waals surface area contributed by atoms with E-state index in [4.69, 9.17) is 0 Å². The fourth-order valence-corrected chi connectivity index (χ4v) is 3.32. The summed E-state index contributed by atoms with van der Waals surface area (Å²) in [6, 6.07) is 11.2. The predicted molar refractivity (Wildman–Crippen MR) is 108 cm³/mol. The second-order valence-corrected chi connectivity index (χ2v) is 7.68. The summed E-state index contributed by atoms with van der Waals surface area (Å²) in [7, 11) is 0. The highest BCUT2D eigenvalue weighted by atomic mass is 19.1. The first-order valence-electron chi connectivity index (χ1n) is 9.46. The number of fused-ring (bicyclic) bond motifs is 1. The number of hydrogen-bond donors (Lipinski definition) is 1. The molecular formula is C22H26FN3O2. The summed E-state index contributed by atoms with van der Waals surface area (Å²) in [5.41, 5.74) is 2.81. The van der Waals surface area contributed by atoms with Crippen LogP contribution in [0.25, 0.3) is 5.65 Å². The molecule has 3 aromatic rings. The van der Waals surface area contributed by atoms with E-state index in [2.05, 4.69) is 23.7 Å². The van der Waals surface area contributed by atoms with Gasteiger partial charge < -0.3 is 5.11 Å². The van der Waals surface area contributed by atoms with E-state index < -0.39 is 6.10 Å². The van der Waals surface area contributed by atoms with Crippen LogP contribution < -0.4 is 5.56 Å². The first-order chi connectivity index (χ1) is 13.3. The van der Waals surface area contributed by atoms with Gasteiger partial charge in [0.05, 0.1) is 11.8 Å². The molecule has 0 spiro atoms. The zero-order chi connectivity index (χ0) is 20.3. The summed E-state index contributed by atoms with van der Waals surface area (Å²) in [6.07, 6.45) is 1.03. The zero-order valence-corrected chi connectivity index (χ0v) is 16.5. The third-order valence-corrected chi connectivity index (χ3v) is 4.56. The fraction of sp³-hybridized carbons (Fsp3) is 0.364. The second kappa shape index (κ2) is 8.63. The van der Waals surface area contributed by atoms with Crippen LogP contribution in [0.15, 0.2) is 53.5 Å². The second-order valence-electron chi connectivity index (χ2n) is 7.68. The highest BCUT2D eigenvalue weighted by Gasteiger charge is 2.17. The van der Waals surface area contributed by atoms with Crippen molar-refractivity contribution in [1.82, 2.24) is 14.3 Å². The van der Waals surface area contributed by atoms with E-state index in [0.29, 0.717) is 35.9 Å². The van der Waals surface area contributed by atoms with E-state index in [-0.39, 0.29) is 11.4 Å². The number of rotatable bonds is 7. The van der Waals surface area contributed by atoms with Gasteiger partial charge in [-0.2, -0.15) is 0 Å². The van der Waals surface area contributed by atoms with E-state index in [1.165, 1.54) is 12.1 Å². The molecule has 2 aromatic heterocycles. The lowest BCUT2D eigenvalue weighted by molar-refractivity contribution is 0.101. The average Bonchev–Trinajstić information content (AvgIpc) is 2.62.